The van der Waals surface area contributed by atoms with Crippen LogP contribution >= 0.6 is 11.3 Å². The maximum absolute atomic E-state index is 12.5. The van der Waals surface area contributed by atoms with Crippen LogP contribution in [0.1, 0.15) is 52.4 Å². The number of nitrogens with one attached hydrogen (secondary N) is 1. The van der Waals surface area contributed by atoms with Gasteiger partial charge in [0.1, 0.15) is 4.21 Å². The number of nitrogens with zero attached hydrogens (tertiary/aromatic N) is 1. The van der Waals surface area contributed by atoms with Crippen molar-refractivity contribution in [3.8, 4) is 0 Å². The third-order valence-corrected chi connectivity index (χ3v) is 8.29. The number of carbonyl (C=O) groups excluding carboxylic acids is 1. The van der Waals surface area contributed by atoms with E-state index in [0.717, 1.165) is 19.4 Å². The zero-order chi connectivity index (χ0) is 18.3. The highest BCUT2D eigenvalue weighted by molar-refractivity contribution is 7.91. The third-order valence-electron chi connectivity index (χ3n) is 5.02. The predicted molar refractivity (Wildman–Crippen MR) is 102 cm³/mol. The lowest BCUT2D eigenvalue weighted by Gasteiger charge is -2.30. The van der Waals surface area contributed by atoms with Crippen LogP contribution in [-0.4, -0.2) is 38.3 Å². The molecule has 1 amide bonds. The van der Waals surface area contributed by atoms with Gasteiger partial charge in [-0.05, 0) is 36.6 Å². The van der Waals surface area contributed by atoms with E-state index >= 15 is 0 Å². The Morgan fingerprint density at radius 2 is 2.08 bits per heavy atom. The van der Waals surface area contributed by atoms with Crippen molar-refractivity contribution < 1.29 is 13.2 Å². The van der Waals surface area contributed by atoms with Gasteiger partial charge in [0.25, 0.3) is 10.0 Å². The standard InChI is InChI=1S/C18H30N2O3S2/c1-3-5-7-15(4-2)14-19-18(21)16-9-11-20(12-10-16)25(22,23)17-8-6-13-24-17/h6,8,13,15-16H,3-5,7,9-12,14H2,1-2H3,(H,19,21)/t15-/m1/s1. The molecule has 1 N–H and O–H groups in total. The number of sulfonamides is 1. The second-order valence-corrected chi connectivity index (χ2v) is 9.88. The summed E-state index contributed by atoms with van der Waals surface area (Å²) in [5, 5.41) is 4.86. The van der Waals surface area contributed by atoms with E-state index in [-0.39, 0.29) is 11.8 Å². The number of carbonyl (C=O) groups is 1. The maximum atomic E-state index is 12.5. The first-order valence-corrected chi connectivity index (χ1v) is 11.6. The normalized spacial score (nSPS) is 18.2. The van der Waals surface area contributed by atoms with Crippen molar-refractivity contribution in [2.45, 2.75) is 56.6 Å². The van der Waals surface area contributed by atoms with Crippen molar-refractivity contribution in [2.75, 3.05) is 19.6 Å². The molecule has 0 saturated carbocycles. The monoisotopic (exact) mass is 386 g/mol. The minimum Gasteiger partial charge on any atom is -0.356 e. The Balaban J connectivity index is 1.80. The number of hydrogen-bond donors (Lipinski definition) is 1. The molecule has 2 heterocycles. The topological polar surface area (TPSA) is 66.5 Å². The number of rotatable bonds is 9. The van der Waals surface area contributed by atoms with E-state index in [9.17, 15) is 13.2 Å². The van der Waals surface area contributed by atoms with Crippen LogP contribution < -0.4 is 5.32 Å². The Bertz CT molecular complexity index is 621. The summed E-state index contributed by atoms with van der Waals surface area (Å²) in [5.74, 6) is 0.560. The molecule has 0 aliphatic carbocycles. The molecule has 1 saturated heterocycles. The van der Waals surface area contributed by atoms with Crippen molar-refractivity contribution in [1.29, 1.82) is 0 Å². The largest absolute Gasteiger partial charge is 0.356 e. The first kappa shape index (κ1) is 20.4. The molecule has 2 rings (SSSR count). The van der Waals surface area contributed by atoms with E-state index in [4.69, 9.17) is 0 Å². The maximum Gasteiger partial charge on any atom is 0.252 e. The Kier molecular flexibility index (Phi) is 7.90. The lowest BCUT2D eigenvalue weighted by molar-refractivity contribution is -0.126. The van der Waals surface area contributed by atoms with Gasteiger partial charge >= 0.3 is 0 Å². The van der Waals surface area contributed by atoms with Gasteiger partial charge in [-0.3, -0.25) is 4.79 Å². The summed E-state index contributed by atoms with van der Waals surface area (Å²) >= 11 is 1.24. The summed E-state index contributed by atoms with van der Waals surface area (Å²) in [6, 6.07) is 3.39. The van der Waals surface area contributed by atoms with Crippen LogP contribution in [-0.2, 0) is 14.8 Å². The number of thiophene rings is 1. The van der Waals surface area contributed by atoms with E-state index in [1.165, 1.54) is 28.5 Å². The fraction of sp³-hybridized carbons (Fsp3) is 0.722. The van der Waals surface area contributed by atoms with Crippen LogP contribution in [0.5, 0.6) is 0 Å². The average molecular weight is 387 g/mol. The van der Waals surface area contributed by atoms with Gasteiger partial charge in [0.2, 0.25) is 5.91 Å². The molecule has 5 nitrogen and oxygen atoms in total. The van der Waals surface area contributed by atoms with Crippen molar-refractivity contribution >= 4 is 27.3 Å². The molecular formula is C18H30N2O3S2. The van der Waals surface area contributed by atoms with Gasteiger partial charge in [-0.1, -0.05) is 39.2 Å². The highest BCUT2D eigenvalue weighted by atomic mass is 32.2. The molecule has 0 bridgehead atoms. The molecule has 0 radical (unpaired) electrons. The molecule has 1 aromatic heterocycles. The van der Waals surface area contributed by atoms with Gasteiger partial charge in [0.05, 0.1) is 0 Å². The molecule has 1 atom stereocenters. The molecule has 1 aliphatic rings. The SMILES string of the molecule is CCCC[C@@H](CC)CNC(=O)C1CCN(S(=O)(=O)c2cccs2)CC1. The molecule has 0 unspecified atom stereocenters. The highest BCUT2D eigenvalue weighted by Crippen LogP contribution is 2.26. The summed E-state index contributed by atoms with van der Waals surface area (Å²) in [7, 11) is -3.39. The summed E-state index contributed by atoms with van der Waals surface area (Å²) in [6.45, 7) is 5.93. The van der Waals surface area contributed by atoms with Crippen LogP contribution in [0.4, 0.5) is 0 Å². The van der Waals surface area contributed by atoms with Gasteiger partial charge in [0.15, 0.2) is 0 Å². The molecule has 0 aromatic carbocycles. The smallest absolute Gasteiger partial charge is 0.252 e. The first-order chi connectivity index (χ1) is 12.0. The zero-order valence-corrected chi connectivity index (χ0v) is 16.9. The van der Waals surface area contributed by atoms with Crippen LogP contribution in [0.15, 0.2) is 21.7 Å². The van der Waals surface area contributed by atoms with E-state index in [2.05, 4.69) is 19.2 Å². The Morgan fingerprint density at radius 3 is 2.64 bits per heavy atom. The van der Waals surface area contributed by atoms with Gasteiger partial charge in [0, 0.05) is 25.6 Å². The van der Waals surface area contributed by atoms with Crippen molar-refractivity contribution in [1.82, 2.24) is 9.62 Å². The van der Waals surface area contributed by atoms with Crippen molar-refractivity contribution in [2.24, 2.45) is 11.8 Å². The van der Waals surface area contributed by atoms with E-state index in [0.29, 0.717) is 36.1 Å². The van der Waals surface area contributed by atoms with E-state index in [1.807, 2.05) is 0 Å². The highest BCUT2D eigenvalue weighted by Gasteiger charge is 2.32. The zero-order valence-electron chi connectivity index (χ0n) is 15.2. The molecule has 25 heavy (non-hydrogen) atoms. The van der Waals surface area contributed by atoms with Crippen molar-refractivity contribution in [3.63, 3.8) is 0 Å². The second kappa shape index (κ2) is 9.69. The van der Waals surface area contributed by atoms with Crippen molar-refractivity contribution in [3.05, 3.63) is 17.5 Å². The molecule has 7 heteroatoms. The molecule has 1 fully saturated rings. The third kappa shape index (κ3) is 5.53. The van der Waals surface area contributed by atoms with Gasteiger partial charge in [-0.15, -0.1) is 11.3 Å². The molecular weight excluding hydrogens is 356 g/mol. The average Bonchev–Trinajstić information content (AvgIpc) is 3.17. The minimum atomic E-state index is -3.39. The van der Waals surface area contributed by atoms with Crippen LogP contribution in [0.2, 0.25) is 0 Å². The lowest BCUT2D eigenvalue weighted by Crippen LogP contribution is -2.43. The number of amides is 1. The lowest BCUT2D eigenvalue weighted by atomic mass is 9.95. The summed E-state index contributed by atoms with van der Waals surface area (Å²) in [4.78, 5) is 12.4. The second-order valence-electron chi connectivity index (χ2n) is 6.77. The summed E-state index contributed by atoms with van der Waals surface area (Å²) in [5.41, 5.74) is 0. The van der Waals surface area contributed by atoms with Gasteiger partial charge in [-0.2, -0.15) is 4.31 Å². The molecule has 0 spiro atoms. The molecule has 1 aromatic rings. The van der Waals surface area contributed by atoms with Crippen LogP contribution in [0.3, 0.4) is 0 Å². The van der Waals surface area contributed by atoms with E-state index < -0.39 is 10.0 Å². The predicted octanol–water partition coefficient (Wildman–Crippen LogP) is 3.48. The number of hydrogen-bond acceptors (Lipinski definition) is 4. The fourth-order valence-electron chi connectivity index (χ4n) is 3.23. The van der Waals surface area contributed by atoms with Gasteiger partial charge < -0.3 is 5.32 Å². The van der Waals surface area contributed by atoms with Gasteiger partial charge in [-0.25, -0.2) is 8.42 Å². The van der Waals surface area contributed by atoms with Crippen LogP contribution in [0.25, 0.3) is 0 Å². The fourth-order valence-corrected chi connectivity index (χ4v) is 5.84. The molecule has 1 aliphatic heterocycles. The Hall–Kier alpha value is -0.920. The first-order valence-electron chi connectivity index (χ1n) is 9.30. The minimum absolute atomic E-state index is 0.0709. The number of unbranched alkanes of at least 4 members (excludes halogenated alkanes) is 1. The van der Waals surface area contributed by atoms with Crippen LogP contribution in [0, 0.1) is 11.8 Å². The van der Waals surface area contributed by atoms with E-state index in [1.54, 1.807) is 17.5 Å². The Labute approximate surface area is 155 Å². The quantitative estimate of drug-likeness (QED) is 0.706. The molecule has 142 valence electrons. The summed E-state index contributed by atoms with van der Waals surface area (Å²) in [6.07, 6.45) is 5.82. The number of piperidine rings is 1. The Morgan fingerprint density at radius 1 is 1.36 bits per heavy atom. The summed E-state index contributed by atoms with van der Waals surface area (Å²) < 4.78 is 26.9.